The Kier molecular flexibility index (Phi) is 4.93. The molecule has 0 unspecified atom stereocenters. The van der Waals surface area contributed by atoms with Crippen LogP contribution in [0.4, 0.5) is 0 Å². The highest BCUT2D eigenvalue weighted by molar-refractivity contribution is 7.16. The molecule has 0 N–H and O–H groups in total. The van der Waals surface area contributed by atoms with Crippen LogP contribution in [-0.4, -0.2) is 22.3 Å². The smallest absolute Gasteiger partial charge is 0.273 e. The van der Waals surface area contributed by atoms with Gasteiger partial charge in [0.05, 0.1) is 10.9 Å². The van der Waals surface area contributed by atoms with Gasteiger partial charge in [-0.3, -0.25) is 4.79 Å². The molecule has 3 rings (SSSR count). The van der Waals surface area contributed by atoms with Gasteiger partial charge in [-0.2, -0.15) is 11.3 Å². The molecule has 0 bridgehead atoms. The topological polar surface area (TPSA) is 33.2 Å². The summed E-state index contributed by atoms with van der Waals surface area (Å²) in [5, 5.41) is 6.77. The summed E-state index contributed by atoms with van der Waals surface area (Å²) in [7, 11) is 0. The third-order valence-electron chi connectivity index (χ3n) is 3.14. The molecule has 0 radical (unpaired) electrons. The van der Waals surface area contributed by atoms with Crippen molar-refractivity contribution >= 4 is 51.5 Å². The quantitative estimate of drug-likeness (QED) is 0.616. The second-order valence-corrected chi connectivity index (χ2v) is 8.01. The van der Waals surface area contributed by atoms with Crippen LogP contribution < -0.4 is 0 Å². The zero-order chi connectivity index (χ0) is 15.5. The van der Waals surface area contributed by atoms with Crippen molar-refractivity contribution in [1.29, 1.82) is 0 Å². The van der Waals surface area contributed by atoms with E-state index in [1.165, 1.54) is 22.7 Å². The maximum atomic E-state index is 12.6. The van der Waals surface area contributed by atoms with Crippen molar-refractivity contribution in [1.82, 2.24) is 9.88 Å². The summed E-state index contributed by atoms with van der Waals surface area (Å²) in [6.07, 6.45) is 0. The van der Waals surface area contributed by atoms with Crippen LogP contribution >= 0.6 is 45.6 Å². The van der Waals surface area contributed by atoms with Gasteiger partial charge in [-0.05, 0) is 30.5 Å². The molecular weight excluding hydrogens is 356 g/mol. The molecule has 3 aromatic heterocycles. The number of hydrogen-bond acceptors (Lipinski definition) is 5. The second kappa shape index (κ2) is 6.91. The van der Waals surface area contributed by atoms with E-state index in [1.54, 1.807) is 16.2 Å². The zero-order valence-corrected chi connectivity index (χ0v) is 15.0. The van der Waals surface area contributed by atoms with E-state index in [2.05, 4.69) is 4.98 Å². The number of halogens is 1. The molecule has 114 valence electrons. The lowest BCUT2D eigenvalue weighted by molar-refractivity contribution is 0.0749. The van der Waals surface area contributed by atoms with Gasteiger partial charge in [0.2, 0.25) is 0 Å². The van der Waals surface area contributed by atoms with E-state index < -0.39 is 0 Å². The summed E-state index contributed by atoms with van der Waals surface area (Å²) < 4.78 is 0.743. The van der Waals surface area contributed by atoms with Gasteiger partial charge in [-0.15, -0.1) is 22.7 Å². The summed E-state index contributed by atoms with van der Waals surface area (Å²) in [6, 6.07) is 5.83. The van der Waals surface area contributed by atoms with Gasteiger partial charge in [-0.25, -0.2) is 4.98 Å². The van der Waals surface area contributed by atoms with Gasteiger partial charge < -0.3 is 4.90 Å². The summed E-state index contributed by atoms with van der Waals surface area (Å²) in [4.78, 5) is 20.0. The number of thiophene rings is 2. The monoisotopic (exact) mass is 368 g/mol. The minimum absolute atomic E-state index is 0.0373. The maximum Gasteiger partial charge on any atom is 0.273 e. The molecule has 0 saturated carbocycles. The number of nitrogens with zero attached hydrogens (tertiary/aromatic N) is 2. The number of carbonyl (C=O) groups is 1. The number of amides is 1. The second-order valence-electron chi connectivity index (χ2n) is 4.58. The van der Waals surface area contributed by atoms with E-state index in [-0.39, 0.29) is 5.91 Å². The Morgan fingerprint density at radius 2 is 2.18 bits per heavy atom. The molecular formula is C15H13ClN2OS3. The predicted molar refractivity (Wildman–Crippen MR) is 95.2 cm³/mol. The Morgan fingerprint density at radius 3 is 2.82 bits per heavy atom. The Morgan fingerprint density at radius 1 is 1.32 bits per heavy atom. The SMILES string of the molecule is CCN(Cc1ccc(Cl)s1)C(=O)c1csc(-c2ccsc2)n1. The lowest BCUT2D eigenvalue weighted by atomic mass is 10.3. The van der Waals surface area contributed by atoms with Crippen LogP contribution in [0.3, 0.4) is 0 Å². The van der Waals surface area contributed by atoms with E-state index in [0.717, 1.165) is 19.8 Å². The molecule has 22 heavy (non-hydrogen) atoms. The van der Waals surface area contributed by atoms with Gasteiger partial charge >= 0.3 is 0 Å². The molecule has 0 spiro atoms. The number of hydrogen-bond donors (Lipinski definition) is 0. The highest BCUT2D eigenvalue weighted by Crippen LogP contribution is 2.27. The molecule has 3 nitrogen and oxygen atoms in total. The van der Waals surface area contributed by atoms with Crippen molar-refractivity contribution < 1.29 is 4.79 Å². The fraction of sp³-hybridized carbons (Fsp3) is 0.200. The molecule has 0 atom stereocenters. The molecule has 0 aliphatic rings. The van der Waals surface area contributed by atoms with Crippen LogP contribution in [0.2, 0.25) is 4.34 Å². The molecule has 3 aromatic rings. The number of thiazole rings is 1. The number of rotatable bonds is 5. The fourth-order valence-electron chi connectivity index (χ4n) is 2.00. The molecule has 0 aromatic carbocycles. The lowest BCUT2D eigenvalue weighted by Gasteiger charge is -2.18. The van der Waals surface area contributed by atoms with E-state index in [0.29, 0.717) is 18.8 Å². The van der Waals surface area contributed by atoms with E-state index in [4.69, 9.17) is 11.6 Å². The summed E-state index contributed by atoms with van der Waals surface area (Å²) >= 11 is 10.6. The van der Waals surface area contributed by atoms with Gasteiger partial charge in [0.1, 0.15) is 10.7 Å². The standard InChI is InChI=1S/C15H13ClN2OS3/c1-2-18(7-11-3-4-13(16)22-11)15(19)12-9-21-14(17-12)10-5-6-20-8-10/h3-6,8-9H,2,7H2,1H3. The fourth-order valence-corrected chi connectivity index (χ4v) is 4.61. The molecule has 1 amide bonds. The first-order valence-electron chi connectivity index (χ1n) is 6.69. The third kappa shape index (κ3) is 3.41. The Labute approximate surface area is 145 Å². The van der Waals surface area contributed by atoms with Crippen molar-refractivity contribution in [3.63, 3.8) is 0 Å². The molecule has 0 aliphatic heterocycles. The summed E-state index contributed by atoms with van der Waals surface area (Å²) in [5.41, 5.74) is 1.58. The first-order chi connectivity index (χ1) is 10.7. The lowest BCUT2D eigenvalue weighted by Crippen LogP contribution is -2.30. The molecule has 7 heteroatoms. The van der Waals surface area contributed by atoms with Crippen LogP contribution in [-0.2, 0) is 6.54 Å². The third-order valence-corrected chi connectivity index (χ3v) is 5.93. The van der Waals surface area contributed by atoms with E-state index >= 15 is 0 Å². The number of carbonyl (C=O) groups excluding carboxylic acids is 1. The molecule has 0 aliphatic carbocycles. The maximum absolute atomic E-state index is 12.6. The average Bonchev–Trinajstić information content (AvgIpc) is 3.24. The molecule has 3 heterocycles. The van der Waals surface area contributed by atoms with Crippen LogP contribution in [0, 0.1) is 0 Å². The minimum atomic E-state index is -0.0373. The summed E-state index contributed by atoms with van der Waals surface area (Å²) in [6.45, 7) is 3.18. The van der Waals surface area contributed by atoms with Crippen LogP contribution in [0.1, 0.15) is 22.3 Å². The summed E-state index contributed by atoms with van der Waals surface area (Å²) in [5.74, 6) is -0.0373. The van der Waals surface area contributed by atoms with Crippen molar-refractivity contribution in [2.45, 2.75) is 13.5 Å². The predicted octanol–water partition coefficient (Wildman–Crippen LogP) is 5.25. The van der Waals surface area contributed by atoms with Crippen molar-refractivity contribution in [2.75, 3.05) is 6.54 Å². The molecule has 0 fully saturated rings. The number of aromatic nitrogens is 1. The van der Waals surface area contributed by atoms with Gasteiger partial charge in [0.15, 0.2) is 0 Å². The van der Waals surface area contributed by atoms with E-state index in [9.17, 15) is 4.79 Å². The minimum Gasteiger partial charge on any atom is -0.332 e. The van der Waals surface area contributed by atoms with Crippen LogP contribution in [0.5, 0.6) is 0 Å². The largest absolute Gasteiger partial charge is 0.332 e. The van der Waals surface area contributed by atoms with Gasteiger partial charge in [0, 0.05) is 27.7 Å². The normalized spacial score (nSPS) is 10.8. The van der Waals surface area contributed by atoms with Crippen molar-refractivity contribution in [3.05, 3.63) is 49.2 Å². The van der Waals surface area contributed by atoms with Gasteiger partial charge in [0.25, 0.3) is 5.91 Å². The molecule has 0 saturated heterocycles. The van der Waals surface area contributed by atoms with Crippen molar-refractivity contribution in [3.8, 4) is 10.6 Å². The van der Waals surface area contributed by atoms with Crippen LogP contribution in [0.15, 0.2) is 34.3 Å². The highest BCUT2D eigenvalue weighted by Gasteiger charge is 2.19. The van der Waals surface area contributed by atoms with E-state index in [1.807, 2.05) is 41.3 Å². The highest BCUT2D eigenvalue weighted by atomic mass is 35.5. The Hall–Kier alpha value is -1.21. The zero-order valence-electron chi connectivity index (χ0n) is 11.8. The average molecular weight is 369 g/mol. The Bertz CT molecular complexity index is 763. The van der Waals surface area contributed by atoms with Gasteiger partial charge in [-0.1, -0.05) is 11.6 Å². The first kappa shape index (κ1) is 15.7. The Balaban J connectivity index is 1.76. The van der Waals surface area contributed by atoms with Crippen LogP contribution in [0.25, 0.3) is 10.6 Å². The van der Waals surface area contributed by atoms with Crippen molar-refractivity contribution in [2.24, 2.45) is 0 Å². The first-order valence-corrected chi connectivity index (χ1v) is 9.70.